The first-order valence-corrected chi connectivity index (χ1v) is 5.81. The Labute approximate surface area is 109 Å². The summed E-state index contributed by atoms with van der Waals surface area (Å²) in [5, 5.41) is 0.238. The van der Waals surface area contributed by atoms with Crippen LogP contribution in [-0.4, -0.2) is 39.5 Å². The van der Waals surface area contributed by atoms with Gasteiger partial charge in [0, 0.05) is 13.7 Å². The van der Waals surface area contributed by atoms with Crippen molar-refractivity contribution in [2.24, 2.45) is 0 Å². The van der Waals surface area contributed by atoms with E-state index in [1.807, 2.05) is 6.92 Å². The quantitative estimate of drug-likeness (QED) is 0.646. The van der Waals surface area contributed by atoms with Crippen molar-refractivity contribution in [3.05, 3.63) is 11.5 Å². The smallest absolute Gasteiger partial charge is 0.223 e. The molecule has 0 bridgehead atoms. The van der Waals surface area contributed by atoms with Gasteiger partial charge in [-0.05, 0) is 6.92 Å². The van der Waals surface area contributed by atoms with Gasteiger partial charge in [0.05, 0.1) is 12.9 Å². The van der Waals surface area contributed by atoms with E-state index in [4.69, 9.17) is 26.8 Å². The number of ether oxygens (including phenoxy) is 2. The van der Waals surface area contributed by atoms with Gasteiger partial charge in [0.25, 0.3) is 0 Å². The predicted octanol–water partition coefficient (Wildman–Crippen LogP) is 1.07. The molecule has 98 valence electrons. The molecule has 2 heterocycles. The summed E-state index contributed by atoms with van der Waals surface area (Å²) in [6, 6.07) is 0. The lowest BCUT2D eigenvalue weighted by Crippen LogP contribution is -2.22. The van der Waals surface area contributed by atoms with Crippen molar-refractivity contribution in [1.29, 1.82) is 0 Å². The number of anilines is 1. The molecule has 1 unspecified atom stereocenters. The zero-order chi connectivity index (χ0) is 13.1. The molecule has 0 aliphatic carbocycles. The van der Waals surface area contributed by atoms with Crippen molar-refractivity contribution in [3.63, 3.8) is 0 Å². The molecule has 0 aliphatic rings. The molecule has 18 heavy (non-hydrogen) atoms. The molecular weight excluding hydrogens is 258 g/mol. The van der Waals surface area contributed by atoms with Crippen LogP contribution in [-0.2, 0) is 16.0 Å². The van der Waals surface area contributed by atoms with E-state index in [2.05, 4.69) is 15.0 Å². The molecule has 2 aromatic heterocycles. The number of nitrogens with two attached hydrogens (primary N) is 1. The third kappa shape index (κ3) is 2.53. The summed E-state index contributed by atoms with van der Waals surface area (Å²) in [7, 11) is 1.58. The highest BCUT2D eigenvalue weighted by atomic mass is 35.5. The van der Waals surface area contributed by atoms with Crippen LogP contribution in [0.4, 0.5) is 5.95 Å². The summed E-state index contributed by atoms with van der Waals surface area (Å²) in [6.45, 7) is 2.91. The van der Waals surface area contributed by atoms with E-state index < -0.39 is 0 Å². The fourth-order valence-corrected chi connectivity index (χ4v) is 1.82. The van der Waals surface area contributed by atoms with E-state index in [0.29, 0.717) is 24.3 Å². The maximum Gasteiger partial charge on any atom is 0.223 e. The summed E-state index contributed by atoms with van der Waals surface area (Å²) in [4.78, 5) is 12.1. The third-order valence-corrected chi connectivity index (χ3v) is 2.66. The first kappa shape index (κ1) is 13.0. The number of hydrogen-bond acceptors (Lipinski definition) is 6. The number of rotatable bonds is 5. The van der Waals surface area contributed by atoms with Crippen molar-refractivity contribution in [2.45, 2.75) is 19.8 Å². The zero-order valence-electron chi connectivity index (χ0n) is 10.1. The Morgan fingerprint density at radius 3 is 2.94 bits per heavy atom. The Morgan fingerprint density at radius 2 is 2.28 bits per heavy atom. The Kier molecular flexibility index (Phi) is 3.95. The Bertz CT molecular complexity index is 544. The Morgan fingerprint density at radius 1 is 1.50 bits per heavy atom. The van der Waals surface area contributed by atoms with Gasteiger partial charge in [0.1, 0.15) is 5.52 Å². The van der Waals surface area contributed by atoms with Gasteiger partial charge in [-0.25, -0.2) is 4.98 Å². The largest absolute Gasteiger partial charge is 0.368 e. The lowest BCUT2D eigenvalue weighted by atomic mass is 10.5. The number of nitrogen functional groups attached to an aromatic ring is 1. The SMILES string of the molecule is CCOC(Cn1cnc2c(Cl)nc(N)nc21)OC. The number of aromatic nitrogens is 4. The third-order valence-electron chi connectivity index (χ3n) is 2.40. The highest BCUT2D eigenvalue weighted by Crippen LogP contribution is 2.19. The molecule has 0 aromatic carbocycles. The fourth-order valence-electron chi connectivity index (χ4n) is 1.60. The number of fused-ring (bicyclic) bond motifs is 1. The molecule has 8 heteroatoms. The summed E-state index contributed by atoms with van der Waals surface area (Å²) in [6.07, 6.45) is 1.23. The van der Waals surface area contributed by atoms with Crippen LogP contribution in [0.1, 0.15) is 6.92 Å². The van der Waals surface area contributed by atoms with Gasteiger partial charge in [-0.15, -0.1) is 0 Å². The van der Waals surface area contributed by atoms with Crippen LogP contribution in [0.15, 0.2) is 6.33 Å². The Hall–Kier alpha value is -1.44. The van der Waals surface area contributed by atoms with Crippen molar-refractivity contribution in [1.82, 2.24) is 19.5 Å². The van der Waals surface area contributed by atoms with E-state index in [1.165, 1.54) is 0 Å². The molecule has 2 aromatic rings. The summed E-state index contributed by atoms with van der Waals surface area (Å²) in [5.41, 5.74) is 6.64. The van der Waals surface area contributed by atoms with Gasteiger partial charge in [0.15, 0.2) is 17.1 Å². The van der Waals surface area contributed by atoms with Crippen LogP contribution in [0.25, 0.3) is 11.2 Å². The molecule has 0 aliphatic heterocycles. The standard InChI is InChI=1S/C10H14ClN5O2/c1-3-18-6(17-2)4-16-5-13-7-8(11)14-10(12)15-9(7)16/h5-6H,3-4H2,1-2H3,(H2,12,14,15). The van der Waals surface area contributed by atoms with Gasteiger partial charge < -0.3 is 19.8 Å². The maximum atomic E-state index is 5.94. The van der Waals surface area contributed by atoms with Gasteiger partial charge in [-0.3, -0.25) is 0 Å². The topological polar surface area (TPSA) is 88.1 Å². The molecular formula is C10H14ClN5O2. The number of halogens is 1. The van der Waals surface area contributed by atoms with Crippen LogP contribution < -0.4 is 5.73 Å². The van der Waals surface area contributed by atoms with Crippen LogP contribution in [0.2, 0.25) is 5.15 Å². The normalized spacial score (nSPS) is 13.1. The second-order valence-electron chi connectivity index (χ2n) is 3.56. The van der Waals surface area contributed by atoms with Gasteiger partial charge in [-0.1, -0.05) is 11.6 Å². The van der Waals surface area contributed by atoms with Gasteiger partial charge >= 0.3 is 0 Å². The van der Waals surface area contributed by atoms with Crippen LogP contribution in [0.3, 0.4) is 0 Å². The minimum Gasteiger partial charge on any atom is -0.368 e. The lowest BCUT2D eigenvalue weighted by Gasteiger charge is -2.15. The van der Waals surface area contributed by atoms with Gasteiger partial charge in [0.2, 0.25) is 5.95 Å². The first-order valence-electron chi connectivity index (χ1n) is 5.44. The van der Waals surface area contributed by atoms with Crippen LogP contribution in [0.5, 0.6) is 0 Å². The van der Waals surface area contributed by atoms with Crippen molar-refractivity contribution in [3.8, 4) is 0 Å². The van der Waals surface area contributed by atoms with Crippen molar-refractivity contribution in [2.75, 3.05) is 19.5 Å². The molecule has 1 atom stereocenters. The molecule has 0 saturated carbocycles. The molecule has 0 spiro atoms. The Balaban J connectivity index is 2.34. The van der Waals surface area contributed by atoms with Crippen LogP contribution >= 0.6 is 11.6 Å². The highest BCUT2D eigenvalue weighted by molar-refractivity contribution is 6.33. The molecule has 0 radical (unpaired) electrons. The van der Waals surface area contributed by atoms with Crippen molar-refractivity contribution < 1.29 is 9.47 Å². The number of hydrogen-bond donors (Lipinski definition) is 1. The van der Waals surface area contributed by atoms with E-state index in [1.54, 1.807) is 18.0 Å². The summed E-state index contributed by atoms with van der Waals surface area (Å²) < 4.78 is 12.4. The maximum absolute atomic E-state index is 5.94. The monoisotopic (exact) mass is 271 g/mol. The first-order chi connectivity index (χ1) is 8.65. The average Bonchev–Trinajstić information content (AvgIpc) is 2.72. The van der Waals surface area contributed by atoms with E-state index >= 15 is 0 Å². The fraction of sp³-hybridized carbons (Fsp3) is 0.500. The molecule has 0 fully saturated rings. The van der Waals surface area contributed by atoms with Crippen LogP contribution in [0, 0.1) is 0 Å². The van der Waals surface area contributed by atoms with Crippen molar-refractivity contribution >= 4 is 28.7 Å². The summed E-state index contributed by atoms with van der Waals surface area (Å²) in [5.74, 6) is 0.111. The number of nitrogens with zero attached hydrogens (tertiary/aromatic N) is 4. The molecule has 2 N–H and O–H groups in total. The zero-order valence-corrected chi connectivity index (χ0v) is 10.9. The minimum atomic E-state index is -0.373. The molecule has 0 saturated heterocycles. The van der Waals surface area contributed by atoms with E-state index in [0.717, 1.165) is 0 Å². The summed E-state index contributed by atoms with van der Waals surface area (Å²) >= 11 is 5.94. The average molecular weight is 272 g/mol. The lowest BCUT2D eigenvalue weighted by molar-refractivity contribution is -0.127. The van der Waals surface area contributed by atoms with E-state index in [9.17, 15) is 0 Å². The minimum absolute atomic E-state index is 0.111. The molecule has 7 nitrogen and oxygen atoms in total. The second-order valence-corrected chi connectivity index (χ2v) is 3.92. The number of methoxy groups -OCH3 is 1. The second kappa shape index (κ2) is 5.47. The molecule has 0 amide bonds. The predicted molar refractivity (Wildman–Crippen MR) is 67.2 cm³/mol. The molecule has 2 rings (SSSR count). The highest BCUT2D eigenvalue weighted by Gasteiger charge is 2.14. The van der Waals surface area contributed by atoms with Gasteiger partial charge in [-0.2, -0.15) is 9.97 Å². The number of imidazole rings is 1. The van der Waals surface area contributed by atoms with E-state index in [-0.39, 0.29) is 17.4 Å².